The van der Waals surface area contributed by atoms with Gasteiger partial charge in [-0.3, -0.25) is 4.90 Å². The molecule has 1 aliphatic heterocycles. The number of methoxy groups -OCH3 is 1. The van der Waals surface area contributed by atoms with E-state index in [9.17, 15) is 0 Å². The number of hydrogen-bond donors (Lipinski definition) is 0. The van der Waals surface area contributed by atoms with Crippen molar-refractivity contribution in [2.24, 2.45) is 0 Å². The number of anilines is 1. The first-order valence-corrected chi connectivity index (χ1v) is 9.93. The molecular formula is C19H23N5O2S. The summed E-state index contributed by atoms with van der Waals surface area (Å²) in [4.78, 5) is 18.3. The Morgan fingerprint density at radius 3 is 2.74 bits per heavy atom. The summed E-state index contributed by atoms with van der Waals surface area (Å²) >= 11 is 1.74. The molecule has 0 unspecified atom stereocenters. The number of benzene rings is 1. The first-order chi connectivity index (χ1) is 13.2. The molecule has 0 atom stereocenters. The van der Waals surface area contributed by atoms with Crippen molar-refractivity contribution in [2.75, 3.05) is 44.8 Å². The fraction of sp³-hybridized carbons (Fsp3) is 0.421. The molecule has 0 spiro atoms. The minimum Gasteiger partial charge on any atom is -0.497 e. The maximum atomic E-state index is 5.48. The zero-order chi connectivity index (χ0) is 18.6. The van der Waals surface area contributed by atoms with Crippen LogP contribution < -0.4 is 14.4 Å². The number of hydrogen-bond acceptors (Lipinski definition) is 8. The third-order valence-electron chi connectivity index (χ3n) is 4.56. The maximum absolute atomic E-state index is 5.48. The van der Waals surface area contributed by atoms with E-state index < -0.39 is 0 Å². The number of thiazole rings is 1. The van der Waals surface area contributed by atoms with E-state index in [1.807, 2.05) is 19.1 Å². The largest absolute Gasteiger partial charge is 0.497 e. The van der Waals surface area contributed by atoms with E-state index in [-0.39, 0.29) is 0 Å². The van der Waals surface area contributed by atoms with Crippen molar-refractivity contribution in [2.45, 2.75) is 13.5 Å². The van der Waals surface area contributed by atoms with Crippen molar-refractivity contribution in [3.05, 3.63) is 35.5 Å². The van der Waals surface area contributed by atoms with Gasteiger partial charge in [0.05, 0.1) is 30.5 Å². The first kappa shape index (κ1) is 17.9. The lowest BCUT2D eigenvalue weighted by Gasteiger charge is -2.34. The molecule has 1 aliphatic rings. The fourth-order valence-electron chi connectivity index (χ4n) is 3.16. The maximum Gasteiger partial charge on any atom is 0.228 e. The number of nitrogens with zero attached hydrogens (tertiary/aromatic N) is 5. The van der Waals surface area contributed by atoms with Crippen LogP contribution in [0.3, 0.4) is 0 Å². The van der Waals surface area contributed by atoms with E-state index in [0.717, 1.165) is 54.9 Å². The van der Waals surface area contributed by atoms with Crippen LogP contribution in [-0.2, 0) is 6.54 Å². The van der Waals surface area contributed by atoms with Crippen molar-refractivity contribution in [1.82, 2.24) is 19.9 Å². The number of fused-ring (bicyclic) bond motifs is 1. The molecule has 0 saturated carbocycles. The lowest BCUT2D eigenvalue weighted by molar-refractivity contribution is 0.248. The Labute approximate surface area is 162 Å². The van der Waals surface area contributed by atoms with Gasteiger partial charge in [0.15, 0.2) is 0 Å². The van der Waals surface area contributed by atoms with E-state index in [0.29, 0.717) is 12.5 Å². The van der Waals surface area contributed by atoms with Crippen LogP contribution in [-0.4, -0.2) is 59.7 Å². The summed E-state index contributed by atoms with van der Waals surface area (Å²) in [6.07, 6.45) is 1.76. The average Bonchev–Trinajstić information content (AvgIpc) is 3.10. The summed E-state index contributed by atoms with van der Waals surface area (Å²) in [7, 11) is 1.69. The number of rotatable bonds is 6. The van der Waals surface area contributed by atoms with Gasteiger partial charge in [-0.25, -0.2) is 9.97 Å². The van der Waals surface area contributed by atoms with E-state index in [1.165, 1.54) is 4.70 Å². The lowest BCUT2D eigenvalue weighted by Crippen LogP contribution is -2.46. The molecule has 0 bridgehead atoms. The van der Waals surface area contributed by atoms with Crippen LogP contribution >= 0.6 is 11.3 Å². The van der Waals surface area contributed by atoms with Gasteiger partial charge in [0.1, 0.15) is 10.8 Å². The summed E-state index contributed by atoms with van der Waals surface area (Å²) in [6.45, 7) is 7.15. The van der Waals surface area contributed by atoms with Crippen molar-refractivity contribution in [3.63, 3.8) is 0 Å². The third kappa shape index (κ3) is 4.12. The van der Waals surface area contributed by atoms with Crippen molar-refractivity contribution in [1.29, 1.82) is 0 Å². The number of ether oxygens (including phenoxy) is 2. The Bertz CT molecular complexity index is 908. The van der Waals surface area contributed by atoms with Gasteiger partial charge in [-0.1, -0.05) is 0 Å². The molecule has 4 rings (SSSR count). The summed E-state index contributed by atoms with van der Waals surface area (Å²) in [5.74, 6) is 2.25. The number of piperazine rings is 1. The SMILES string of the molecule is CCOc1ccnc(N2CCN(Cc3nc4ccc(OC)cc4s3)CC2)n1. The standard InChI is InChI=1S/C19H23N5O2S/c1-3-26-17-6-7-20-19(22-17)24-10-8-23(9-11-24)13-18-21-15-5-4-14(25-2)12-16(15)27-18/h4-7,12H,3,8-11,13H2,1-2H3. The first-order valence-electron chi connectivity index (χ1n) is 9.12. The highest BCUT2D eigenvalue weighted by atomic mass is 32.1. The average molecular weight is 385 g/mol. The molecule has 7 nitrogen and oxygen atoms in total. The van der Waals surface area contributed by atoms with Gasteiger partial charge >= 0.3 is 0 Å². The van der Waals surface area contributed by atoms with E-state index in [2.05, 4.69) is 25.8 Å². The fourth-order valence-corrected chi connectivity index (χ4v) is 4.20. The van der Waals surface area contributed by atoms with Crippen LogP contribution in [0.2, 0.25) is 0 Å². The highest BCUT2D eigenvalue weighted by Gasteiger charge is 2.20. The quantitative estimate of drug-likeness (QED) is 0.646. The van der Waals surface area contributed by atoms with Gasteiger partial charge in [-0.15, -0.1) is 11.3 Å². The molecule has 3 heterocycles. The van der Waals surface area contributed by atoms with Crippen molar-refractivity contribution < 1.29 is 9.47 Å². The van der Waals surface area contributed by atoms with Crippen LogP contribution in [0.5, 0.6) is 11.6 Å². The monoisotopic (exact) mass is 385 g/mol. The molecule has 8 heteroatoms. The molecule has 1 fully saturated rings. The Balaban J connectivity index is 1.37. The highest BCUT2D eigenvalue weighted by Crippen LogP contribution is 2.27. The molecule has 3 aromatic rings. The van der Waals surface area contributed by atoms with E-state index >= 15 is 0 Å². The lowest BCUT2D eigenvalue weighted by atomic mass is 10.3. The molecule has 142 valence electrons. The smallest absolute Gasteiger partial charge is 0.228 e. The van der Waals surface area contributed by atoms with Crippen molar-refractivity contribution >= 4 is 27.5 Å². The molecule has 0 amide bonds. The summed E-state index contributed by atoms with van der Waals surface area (Å²) < 4.78 is 12.0. The van der Waals surface area contributed by atoms with Crippen LogP contribution in [0.25, 0.3) is 10.2 Å². The van der Waals surface area contributed by atoms with Gasteiger partial charge in [-0.05, 0) is 25.1 Å². The summed E-state index contributed by atoms with van der Waals surface area (Å²) in [6, 6.07) is 7.83. The molecule has 0 aliphatic carbocycles. The Kier molecular flexibility index (Phi) is 5.35. The van der Waals surface area contributed by atoms with Gasteiger partial charge in [-0.2, -0.15) is 4.98 Å². The molecular weight excluding hydrogens is 362 g/mol. The summed E-state index contributed by atoms with van der Waals surface area (Å²) in [5, 5.41) is 1.14. The minimum absolute atomic E-state index is 0.609. The molecule has 27 heavy (non-hydrogen) atoms. The Morgan fingerprint density at radius 2 is 1.96 bits per heavy atom. The molecule has 0 N–H and O–H groups in total. The van der Waals surface area contributed by atoms with Crippen LogP contribution in [0.4, 0.5) is 5.95 Å². The van der Waals surface area contributed by atoms with E-state index in [4.69, 9.17) is 14.5 Å². The van der Waals surface area contributed by atoms with Crippen LogP contribution in [0.1, 0.15) is 11.9 Å². The Morgan fingerprint density at radius 1 is 1.11 bits per heavy atom. The zero-order valence-electron chi connectivity index (χ0n) is 15.6. The van der Waals surface area contributed by atoms with Crippen LogP contribution in [0.15, 0.2) is 30.5 Å². The van der Waals surface area contributed by atoms with Crippen molar-refractivity contribution in [3.8, 4) is 11.6 Å². The second kappa shape index (κ2) is 8.06. The molecule has 0 radical (unpaired) electrons. The summed E-state index contributed by atoms with van der Waals surface area (Å²) in [5.41, 5.74) is 1.04. The topological polar surface area (TPSA) is 63.6 Å². The minimum atomic E-state index is 0.609. The third-order valence-corrected chi connectivity index (χ3v) is 5.57. The highest BCUT2D eigenvalue weighted by molar-refractivity contribution is 7.18. The van der Waals surface area contributed by atoms with Crippen LogP contribution in [0, 0.1) is 0 Å². The predicted molar refractivity (Wildman–Crippen MR) is 107 cm³/mol. The van der Waals surface area contributed by atoms with Gasteiger partial charge in [0, 0.05) is 38.4 Å². The number of aromatic nitrogens is 3. The predicted octanol–water partition coefficient (Wildman–Crippen LogP) is 2.82. The van der Waals surface area contributed by atoms with Gasteiger partial charge < -0.3 is 14.4 Å². The van der Waals surface area contributed by atoms with E-state index in [1.54, 1.807) is 30.7 Å². The van der Waals surface area contributed by atoms with Gasteiger partial charge in [0.2, 0.25) is 11.8 Å². The zero-order valence-corrected chi connectivity index (χ0v) is 16.4. The second-order valence-electron chi connectivity index (χ2n) is 6.33. The second-order valence-corrected chi connectivity index (χ2v) is 7.45. The Hall–Kier alpha value is -2.45. The normalized spacial score (nSPS) is 15.3. The van der Waals surface area contributed by atoms with Gasteiger partial charge in [0.25, 0.3) is 0 Å². The molecule has 2 aromatic heterocycles. The molecule has 1 aromatic carbocycles. The molecule has 1 saturated heterocycles.